The molecule has 1 atom stereocenters. The van der Waals surface area contributed by atoms with Gasteiger partial charge in [-0.05, 0) is 41.3 Å². The number of benzene rings is 2. The van der Waals surface area contributed by atoms with E-state index < -0.39 is 0 Å². The molecule has 0 aliphatic carbocycles. The minimum absolute atomic E-state index is 0.00739. The van der Waals surface area contributed by atoms with Crippen molar-refractivity contribution in [2.24, 2.45) is 0 Å². The Balaban J connectivity index is 1.56. The van der Waals surface area contributed by atoms with Crippen LogP contribution in [-0.4, -0.2) is 22.5 Å². The molecule has 5 heteroatoms. The number of aromatic amines is 1. The van der Waals surface area contributed by atoms with Crippen molar-refractivity contribution in [1.82, 2.24) is 15.3 Å². The van der Waals surface area contributed by atoms with Crippen LogP contribution in [0.2, 0.25) is 0 Å². The van der Waals surface area contributed by atoms with E-state index in [1.54, 1.807) is 6.20 Å². The van der Waals surface area contributed by atoms with E-state index in [1.807, 2.05) is 60.9 Å². The maximum atomic E-state index is 12.6. The van der Waals surface area contributed by atoms with Crippen LogP contribution < -0.4 is 10.6 Å². The molecule has 4 rings (SSSR count). The molecule has 2 amide bonds. The van der Waals surface area contributed by atoms with E-state index >= 15 is 0 Å². The van der Waals surface area contributed by atoms with Gasteiger partial charge in [-0.1, -0.05) is 49.4 Å². The van der Waals surface area contributed by atoms with Gasteiger partial charge in [0.05, 0.1) is 0 Å². The summed E-state index contributed by atoms with van der Waals surface area (Å²) in [6.07, 6.45) is 6.51. The van der Waals surface area contributed by atoms with Gasteiger partial charge in [0.15, 0.2) is 0 Å². The lowest BCUT2D eigenvalue weighted by molar-refractivity contribution is 0.252. The second kappa shape index (κ2) is 8.61. The lowest BCUT2D eigenvalue weighted by atomic mass is 9.92. The van der Waals surface area contributed by atoms with Crippen LogP contribution in [0.3, 0.4) is 0 Å². The van der Waals surface area contributed by atoms with E-state index in [4.69, 9.17) is 0 Å². The number of pyridine rings is 1. The fraction of sp³-hybridized carbons (Fsp3) is 0.167. The maximum Gasteiger partial charge on any atom is 0.319 e. The Hall–Kier alpha value is -3.60. The minimum Gasteiger partial charge on any atom is -0.361 e. The fourth-order valence-corrected chi connectivity index (χ4v) is 3.68. The quantitative estimate of drug-likeness (QED) is 0.434. The van der Waals surface area contributed by atoms with Crippen molar-refractivity contribution >= 4 is 22.6 Å². The number of rotatable bonds is 6. The third-order valence-electron chi connectivity index (χ3n) is 5.20. The van der Waals surface area contributed by atoms with Crippen molar-refractivity contribution in [2.45, 2.75) is 19.3 Å². The Morgan fingerprint density at radius 2 is 1.90 bits per heavy atom. The zero-order valence-corrected chi connectivity index (χ0v) is 16.4. The molecule has 0 bridgehead atoms. The highest BCUT2D eigenvalue weighted by Crippen LogP contribution is 2.30. The highest BCUT2D eigenvalue weighted by atomic mass is 16.2. The summed E-state index contributed by atoms with van der Waals surface area (Å²) in [5.74, 6) is -0.00739. The smallest absolute Gasteiger partial charge is 0.319 e. The van der Waals surface area contributed by atoms with Gasteiger partial charge in [-0.25, -0.2) is 4.79 Å². The number of nitrogens with zero attached hydrogens (tertiary/aromatic N) is 1. The number of urea groups is 1. The number of amides is 2. The highest BCUT2D eigenvalue weighted by molar-refractivity contribution is 5.90. The van der Waals surface area contributed by atoms with E-state index in [2.05, 4.69) is 39.7 Å². The number of aryl methyl sites for hydroxylation is 1. The summed E-state index contributed by atoms with van der Waals surface area (Å²) in [5, 5.41) is 7.17. The Bertz CT molecular complexity index is 1100. The number of carbonyl (C=O) groups excluding carboxylic acids is 1. The van der Waals surface area contributed by atoms with Gasteiger partial charge in [0, 0.05) is 47.6 Å². The topological polar surface area (TPSA) is 69.8 Å². The van der Waals surface area contributed by atoms with Crippen molar-refractivity contribution < 1.29 is 4.79 Å². The molecule has 0 saturated carbocycles. The Morgan fingerprint density at radius 1 is 1.07 bits per heavy atom. The first kappa shape index (κ1) is 18.7. The molecule has 2 aromatic heterocycles. The fourth-order valence-electron chi connectivity index (χ4n) is 3.68. The molecule has 0 saturated heterocycles. The minimum atomic E-state index is -0.209. The first-order valence-corrected chi connectivity index (χ1v) is 9.85. The number of carbonyl (C=O) groups is 1. The molecule has 2 aromatic carbocycles. The molecule has 1 unspecified atom stereocenters. The van der Waals surface area contributed by atoms with Gasteiger partial charge in [0.1, 0.15) is 0 Å². The predicted octanol–water partition coefficient (Wildman–Crippen LogP) is 5.08. The molecule has 0 fully saturated rings. The van der Waals surface area contributed by atoms with Gasteiger partial charge in [0.25, 0.3) is 0 Å². The largest absolute Gasteiger partial charge is 0.361 e. The molecule has 0 aliphatic rings. The van der Waals surface area contributed by atoms with Crippen LogP contribution in [0.4, 0.5) is 10.5 Å². The van der Waals surface area contributed by atoms with E-state index in [0.717, 1.165) is 39.7 Å². The number of anilines is 1. The third kappa shape index (κ3) is 4.14. The van der Waals surface area contributed by atoms with Crippen LogP contribution in [-0.2, 0) is 6.42 Å². The van der Waals surface area contributed by atoms with Gasteiger partial charge in [0.2, 0.25) is 0 Å². The summed E-state index contributed by atoms with van der Waals surface area (Å²) in [5.41, 5.74) is 5.24. The molecule has 3 N–H and O–H groups in total. The number of H-pyrrole nitrogens is 1. The summed E-state index contributed by atoms with van der Waals surface area (Å²) in [7, 11) is 0. The molecule has 4 aromatic rings. The predicted molar refractivity (Wildman–Crippen MR) is 117 cm³/mol. The summed E-state index contributed by atoms with van der Waals surface area (Å²) < 4.78 is 0. The molecule has 0 spiro atoms. The third-order valence-corrected chi connectivity index (χ3v) is 5.20. The van der Waals surface area contributed by atoms with E-state index in [1.165, 1.54) is 0 Å². The molecule has 5 nitrogen and oxygen atoms in total. The van der Waals surface area contributed by atoms with Crippen LogP contribution in [0.5, 0.6) is 0 Å². The van der Waals surface area contributed by atoms with Gasteiger partial charge < -0.3 is 15.6 Å². The average molecular weight is 384 g/mol. The van der Waals surface area contributed by atoms with Crippen LogP contribution in [0.1, 0.15) is 29.5 Å². The molecule has 0 radical (unpaired) electrons. The van der Waals surface area contributed by atoms with E-state index in [-0.39, 0.29) is 11.9 Å². The van der Waals surface area contributed by atoms with Crippen LogP contribution in [0.25, 0.3) is 10.9 Å². The van der Waals surface area contributed by atoms with E-state index in [9.17, 15) is 4.79 Å². The molecule has 146 valence electrons. The first-order valence-electron chi connectivity index (χ1n) is 9.85. The SMILES string of the molecule is CCc1ccccc1NC(=O)NCC(c1cccnc1)c1c[nH]c2ccccc12. The zero-order chi connectivity index (χ0) is 20.1. The average Bonchev–Trinajstić information content (AvgIpc) is 3.19. The van der Waals surface area contributed by atoms with Crippen molar-refractivity contribution in [3.8, 4) is 0 Å². The maximum absolute atomic E-state index is 12.6. The number of nitrogens with one attached hydrogen (secondary N) is 3. The number of aromatic nitrogens is 2. The first-order chi connectivity index (χ1) is 14.3. The van der Waals surface area contributed by atoms with Gasteiger partial charge in [-0.2, -0.15) is 0 Å². The second-order valence-corrected chi connectivity index (χ2v) is 6.97. The van der Waals surface area contributed by atoms with Crippen molar-refractivity contribution in [3.63, 3.8) is 0 Å². The van der Waals surface area contributed by atoms with Crippen LogP contribution in [0.15, 0.2) is 79.3 Å². The van der Waals surface area contributed by atoms with Crippen LogP contribution in [0, 0.1) is 0 Å². The number of hydrogen-bond acceptors (Lipinski definition) is 2. The monoisotopic (exact) mass is 384 g/mol. The number of para-hydroxylation sites is 2. The Labute approximate surface area is 170 Å². The number of fused-ring (bicyclic) bond motifs is 1. The summed E-state index contributed by atoms with van der Waals surface area (Å²) in [6.45, 7) is 2.54. The number of hydrogen-bond donors (Lipinski definition) is 3. The van der Waals surface area contributed by atoms with Gasteiger partial charge in [-0.3, -0.25) is 4.98 Å². The standard InChI is InChI=1S/C24H24N4O/c1-2-17-8-3-5-11-22(17)28-24(29)27-15-20(18-9-7-13-25-14-18)21-16-26-23-12-6-4-10-19(21)23/h3-14,16,20,26H,2,15H2,1H3,(H2,27,28,29). The van der Waals surface area contributed by atoms with Gasteiger partial charge in [-0.15, -0.1) is 0 Å². The second-order valence-electron chi connectivity index (χ2n) is 6.97. The van der Waals surface area contributed by atoms with Crippen molar-refractivity contribution in [3.05, 3.63) is 95.9 Å². The van der Waals surface area contributed by atoms with Crippen molar-refractivity contribution in [1.29, 1.82) is 0 Å². The van der Waals surface area contributed by atoms with Crippen molar-refractivity contribution in [2.75, 3.05) is 11.9 Å². The highest BCUT2D eigenvalue weighted by Gasteiger charge is 2.19. The summed E-state index contributed by atoms with van der Waals surface area (Å²) >= 11 is 0. The molecule has 2 heterocycles. The molecule has 0 aliphatic heterocycles. The molecular weight excluding hydrogens is 360 g/mol. The Morgan fingerprint density at radius 3 is 2.72 bits per heavy atom. The lowest BCUT2D eigenvalue weighted by Gasteiger charge is -2.18. The van der Waals surface area contributed by atoms with Gasteiger partial charge >= 0.3 is 6.03 Å². The lowest BCUT2D eigenvalue weighted by Crippen LogP contribution is -2.33. The summed E-state index contributed by atoms with van der Waals surface area (Å²) in [6, 6.07) is 19.8. The molecular formula is C24H24N4O. The van der Waals surface area contributed by atoms with E-state index in [0.29, 0.717) is 6.54 Å². The molecule has 29 heavy (non-hydrogen) atoms. The summed E-state index contributed by atoms with van der Waals surface area (Å²) in [4.78, 5) is 20.2. The zero-order valence-electron chi connectivity index (χ0n) is 16.4. The van der Waals surface area contributed by atoms with Crippen LogP contribution >= 0.6 is 0 Å². The Kier molecular flexibility index (Phi) is 5.56. The normalized spacial score (nSPS) is 11.9.